The zero-order chi connectivity index (χ0) is 26.9. The Bertz CT molecular complexity index is 1060. The number of hydrogen-bond donors (Lipinski definition) is 4. The minimum atomic E-state index is -1.16. The Balaban J connectivity index is 0.000000379. The summed E-state index contributed by atoms with van der Waals surface area (Å²) in [6.45, 7) is 5.11. The van der Waals surface area contributed by atoms with Crippen molar-refractivity contribution in [2.75, 3.05) is 0 Å². The highest BCUT2D eigenvalue weighted by atomic mass is 79.9. The SMILES string of the molecule is CC(C)(C)OC(=O)N[C@@H](Cc1cc(Br)ccc1Cl)C(=O)O.N[C@@H](Cc1cc(Br)ccc1Cl)C(=O)O. The van der Waals surface area contributed by atoms with Crippen LogP contribution in [0.1, 0.15) is 31.9 Å². The van der Waals surface area contributed by atoms with E-state index < -0.39 is 35.7 Å². The normalized spacial score (nSPS) is 12.6. The first-order valence-corrected chi connectivity index (χ1v) is 12.5. The number of hydrogen-bond acceptors (Lipinski definition) is 5. The minimum Gasteiger partial charge on any atom is -0.480 e. The molecular weight excluding hydrogens is 631 g/mol. The van der Waals surface area contributed by atoms with Crippen LogP contribution in [0.5, 0.6) is 0 Å². The standard InChI is InChI=1S/C14H17BrClNO4.C9H9BrClNO2/c1-14(2,3)21-13(20)17-11(12(18)19)7-8-6-9(15)4-5-10(8)16;10-6-1-2-7(11)5(3-6)4-8(12)9(13)14/h4-6,11H,7H2,1-3H3,(H,17,20)(H,18,19);1-3,8H,4,12H2,(H,13,14)/t11-;8-/m00/s1. The first kappa shape index (κ1) is 31.2. The van der Waals surface area contributed by atoms with Crippen LogP contribution in [0.2, 0.25) is 10.0 Å². The number of alkyl carbamates (subject to hydrolysis) is 1. The van der Waals surface area contributed by atoms with Crippen molar-refractivity contribution >= 4 is 73.1 Å². The Morgan fingerprint density at radius 3 is 1.80 bits per heavy atom. The first-order valence-electron chi connectivity index (χ1n) is 10.2. The van der Waals surface area contributed by atoms with Gasteiger partial charge >= 0.3 is 18.0 Å². The highest BCUT2D eigenvalue weighted by Crippen LogP contribution is 2.23. The molecule has 5 N–H and O–H groups in total. The zero-order valence-corrected chi connectivity index (χ0v) is 23.8. The number of carbonyl (C=O) groups excluding carboxylic acids is 1. The average molecular weight is 657 g/mol. The van der Waals surface area contributed by atoms with Gasteiger partial charge in [0.05, 0.1) is 0 Å². The fourth-order valence-corrected chi connectivity index (χ4v) is 3.80. The van der Waals surface area contributed by atoms with Crippen molar-refractivity contribution in [3.8, 4) is 0 Å². The highest BCUT2D eigenvalue weighted by Gasteiger charge is 2.25. The third-order valence-corrected chi connectivity index (χ3v) is 5.91. The van der Waals surface area contributed by atoms with Crippen LogP contribution in [0.3, 0.4) is 0 Å². The fraction of sp³-hybridized carbons (Fsp3) is 0.348. The number of carboxylic acids is 2. The first-order chi connectivity index (χ1) is 16.1. The third-order valence-electron chi connectivity index (χ3n) is 4.19. The summed E-state index contributed by atoms with van der Waals surface area (Å²) in [6, 6.07) is 8.36. The average Bonchev–Trinajstić information content (AvgIpc) is 2.71. The number of benzene rings is 2. The number of rotatable bonds is 7. The van der Waals surface area contributed by atoms with Crippen LogP contribution in [0, 0.1) is 0 Å². The summed E-state index contributed by atoms with van der Waals surface area (Å²) in [4.78, 5) is 33.5. The van der Waals surface area contributed by atoms with Crippen LogP contribution in [0.25, 0.3) is 0 Å². The van der Waals surface area contributed by atoms with E-state index in [0.29, 0.717) is 15.6 Å². The molecule has 0 saturated heterocycles. The van der Waals surface area contributed by atoms with Gasteiger partial charge in [0.25, 0.3) is 0 Å². The molecule has 0 aliphatic heterocycles. The van der Waals surface area contributed by atoms with Crippen LogP contribution in [-0.4, -0.2) is 45.9 Å². The third kappa shape index (κ3) is 12.1. The molecule has 2 aromatic carbocycles. The van der Waals surface area contributed by atoms with Gasteiger partial charge in [0.2, 0.25) is 0 Å². The lowest BCUT2D eigenvalue weighted by Gasteiger charge is -2.22. The lowest BCUT2D eigenvalue weighted by Crippen LogP contribution is -2.44. The molecule has 35 heavy (non-hydrogen) atoms. The van der Waals surface area contributed by atoms with Gasteiger partial charge in [0, 0.05) is 25.4 Å². The zero-order valence-electron chi connectivity index (χ0n) is 19.1. The Morgan fingerprint density at radius 2 is 1.40 bits per heavy atom. The van der Waals surface area contributed by atoms with E-state index in [-0.39, 0.29) is 12.8 Å². The molecule has 0 aromatic heterocycles. The molecule has 2 rings (SSSR count). The molecule has 8 nitrogen and oxygen atoms in total. The smallest absolute Gasteiger partial charge is 0.408 e. The van der Waals surface area contributed by atoms with Crippen molar-refractivity contribution in [1.29, 1.82) is 0 Å². The van der Waals surface area contributed by atoms with Crippen LogP contribution in [0.15, 0.2) is 45.3 Å². The Labute approximate surface area is 230 Å². The summed E-state index contributed by atoms with van der Waals surface area (Å²) in [5.74, 6) is -2.18. The van der Waals surface area contributed by atoms with Crippen molar-refractivity contribution in [3.05, 3.63) is 66.5 Å². The minimum absolute atomic E-state index is 0.0624. The monoisotopic (exact) mass is 654 g/mol. The molecule has 2 atom stereocenters. The molecule has 0 radical (unpaired) electrons. The summed E-state index contributed by atoms with van der Waals surface area (Å²) in [5, 5.41) is 21.1. The quantitative estimate of drug-likeness (QED) is 0.301. The molecule has 0 saturated carbocycles. The van der Waals surface area contributed by atoms with Gasteiger partial charge in [-0.1, -0.05) is 55.1 Å². The number of carboxylic acid groups (broad SMARTS) is 2. The van der Waals surface area contributed by atoms with Gasteiger partial charge < -0.3 is 26.0 Å². The van der Waals surface area contributed by atoms with Crippen molar-refractivity contribution in [2.24, 2.45) is 5.73 Å². The second-order valence-corrected chi connectivity index (χ2v) is 11.0. The molecular formula is C23H26Br2Cl2N2O6. The molecule has 0 fully saturated rings. The second kappa shape index (κ2) is 14.0. The highest BCUT2D eigenvalue weighted by molar-refractivity contribution is 9.10. The topological polar surface area (TPSA) is 139 Å². The molecule has 0 aliphatic rings. The number of nitrogens with one attached hydrogen (secondary N) is 1. The Morgan fingerprint density at radius 1 is 0.943 bits per heavy atom. The summed E-state index contributed by atoms with van der Waals surface area (Å²) >= 11 is 18.5. The van der Waals surface area contributed by atoms with Gasteiger partial charge in [-0.2, -0.15) is 0 Å². The maximum Gasteiger partial charge on any atom is 0.408 e. The lowest BCUT2D eigenvalue weighted by atomic mass is 10.1. The van der Waals surface area contributed by atoms with Crippen LogP contribution >= 0.6 is 55.1 Å². The van der Waals surface area contributed by atoms with Crippen molar-refractivity contribution < 1.29 is 29.3 Å². The summed E-state index contributed by atoms with van der Waals surface area (Å²) in [7, 11) is 0. The van der Waals surface area contributed by atoms with Crippen molar-refractivity contribution in [2.45, 2.75) is 51.3 Å². The van der Waals surface area contributed by atoms with Gasteiger partial charge in [-0.05, 0) is 74.7 Å². The van der Waals surface area contributed by atoms with Gasteiger partial charge in [0.1, 0.15) is 17.7 Å². The van der Waals surface area contributed by atoms with Crippen molar-refractivity contribution in [1.82, 2.24) is 5.32 Å². The second-order valence-electron chi connectivity index (χ2n) is 8.36. The number of carbonyl (C=O) groups is 3. The summed E-state index contributed by atoms with van der Waals surface area (Å²) in [5.41, 5.74) is 6.05. The van der Waals surface area contributed by atoms with E-state index in [9.17, 15) is 19.5 Å². The van der Waals surface area contributed by atoms with E-state index in [2.05, 4.69) is 37.2 Å². The number of aliphatic carboxylic acids is 2. The fourth-order valence-electron chi connectivity index (χ4n) is 2.59. The van der Waals surface area contributed by atoms with E-state index >= 15 is 0 Å². The maximum atomic E-state index is 11.7. The summed E-state index contributed by atoms with van der Waals surface area (Å²) in [6.07, 6.45) is -0.485. The molecule has 0 heterocycles. The van der Waals surface area contributed by atoms with E-state index in [1.165, 1.54) is 0 Å². The van der Waals surface area contributed by atoms with E-state index in [1.54, 1.807) is 57.2 Å². The molecule has 1 amide bonds. The maximum absolute atomic E-state index is 11.7. The molecule has 192 valence electrons. The predicted molar refractivity (Wildman–Crippen MR) is 142 cm³/mol. The van der Waals surface area contributed by atoms with Crippen LogP contribution in [0.4, 0.5) is 4.79 Å². The van der Waals surface area contributed by atoms with Gasteiger partial charge in [-0.3, -0.25) is 4.79 Å². The molecule has 2 aromatic rings. The van der Waals surface area contributed by atoms with E-state index in [0.717, 1.165) is 14.5 Å². The van der Waals surface area contributed by atoms with Gasteiger partial charge in [-0.25, -0.2) is 9.59 Å². The number of nitrogens with two attached hydrogens (primary N) is 1. The number of halogens is 4. The largest absolute Gasteiger partial charge is 0.480 e. The molecule has 12 heteroatoms. The lowest BCUT2D eigenvalue weighted by molar-refractivity contribution is -0.140. The number of amides is 1. The van der Waals surface area contributed by atoms with E-state index in [4.69, 9.17) is 38.8 Å². The van der Waals surface area contributed by atoms with Crippen LogP contribution in [-0.2, 0) is 27.2 Å². The molecule has 0 spiro atoms. The Kier molecular flexibility index (Phi) is 12.5. The summed E-state index contributed by atoms with van der Waals surface area (Å²) < 4.78 is 6.69. The Hall–Kier alpha value is -1.85. The van der Waals surface area contributed by atoms with Gasteiger partial charge in [0.15, 0.2) is 0 Å². The molecule has 0 bridgehead atoms. The van der Waals surface area contributed by atoms with Gasteiger partial charge in [-0.15, -0.1) is 0 Å². The molecule has 0 unspecified atom stereocenters. The van der Waals surface area contributed by atoms with Crippen molar-refractivity contribution in [3.63, 3.8) is 0 Å². The molecule has 0 aliphatic carbocycles. The number of ether oxygens (including phenoxy) is 1. The van der Waals surface area contributed by atoms with E-state index in [1.807, 2.05) is 0 Å². The predicted octanol–water partition coefficient (Wildman–Crippen LogP) is 5.68. The van der Waals surface area contributed by atoms with Crippen LogP contribution < -0.4 is 11.1 Å².